The van der Waals surface area contributed by atoms with Gasteiger partial charge in [-0.25, -0.2) is 9.78 Å². The number of benzene rings is 1. The van der Waals surface area contributed by atoms with Crippen molar-refractivity contribution in [1.29, 1.82) is 0 Å². The zero-order chi connectivity index (χ0) is 19.2. The first-order valence-electron chi connectivity index (χ1n) is 9.48. The number of urea groups is 1. The minimum Gasteiger partial charge on any atom is -0.335 e. The molecule has 27 heavy (non-hydrogen) atoms. The molecule has 2 aromatic rings. The molecular weight excluding hydrogens is 362 g/mol. The van der Waals surface area contributed by atoms with E-state index in [2.05, 4.69) is 25.8 Å². The number of piperidine rings is 1. The molecule has 6 nitrogen and oxygen atoms in total. The molecule has 0 unspecified atom stereocenters. The van der Waals surface area contributed by atoms with Gasteiger partial charge in [-0.2, -0.15) is 0 Å². The van der Waals surface area contributed by atoms with Crippen LogP contribution in [0.25, 0.3) is 0 Å². The molecule has 0 bridgehead atoms. The van der Waals surface area contributed by atoms with E-state index in [0.717, 1.165) is 55.4 Å². The lowest BCUT2D eigenvalue weighted by Crippen LogP contribution is -2.48. The number of rotatable bonds is 6. The van der Waals surface area contributed by atoms with Crippen LogP contribution >= 0.6 is 11.6 Å². The minimum absolute atomic E-state index is 0.00248. The van der Waals surface area contributed by atoms with E-state index in [-0.39, 0.29) is 12.1 Å². The number of aromatic nitrogens is 2. The number of amides is 2. The van der Waals surface area contributed by atoms with Crippen LogP contribution in [0.3, 0.4) is 0 Å². The second-order valence-corrected chi connectivity index (χ2v) is 7.59. The Kier molecular flexibility index (Phi) is 6.74. The normalized spacial score (nSPS) is 15.7. The summed E-state index contributed by atoms with van der Waals surface area (Å²) in [6.07, 6.45) is 5.65. The fourth-order valence-corrected chi connectivity index (χ4v) is 3.58. The van der Waals surface area contributed by atoms with E-state index in [4.69, 9.17) is 11.6 Å². The number of nitrogens with zero attached hydrogens (tertiary/aromatic N) is 4. The second-order valence-electron chi connectivity index (χ2n) is 7.18. The summed E-state index contributed by atoms with van der Waals surface area (Å²) in [7, 11) is 1.84. The number of hydrogen-bond donors (Lipinski definition) is 1. The molecule has 7 heteroatoms. The van der Waals surface area contributed by atoms with Gasteiger partial charge in [-0.1, -0.05) is 29.8 Å². The van der Waals surface area contributed by atoms with Gasteiger partial charge in [-0.3, -0.25) is 4.90 Å². The number of halogens is 1. The van der Waals surface area contributed by atoms with Crippen molar-refractivity contribution >= 4 is 17.6 Å². The maximum atomic E-state index is 12.4. The molecular formula is C20H28ClN5O. The van der Waals surface area contributed by atoms with Gasteiger partial charge >= 0.3 is 6.03 Å². The molecule has 0 saturated carbocycles. The third kappa shape index (κ3) is 5.47. The lowest BCUT2D eigenvalue weighted by molar-refractivity contribution is 0.173. The van der Waals surface area contributed by atoms with Crippen LogP contribution in [-0.4, -0.2) is 58.1 Å². The molecule has 1 aromatic heterocycles. The zero-order valence-corrected chi connectivity index (χ0v) is 16.8. The van der Waals surface area contributed by atoms with Crippen LogP contribution < -0.4 is 5.32 Å². The lowest BCUT2D eigenvalue weighted by atomic mass is 10.0. The highest BCUT2D eigenvalue weighted by Crippen LogP contribution is 2.19. The van der Waals surface area contributed by atoms with Gasteiger partial charge in [0.2, 0.25) is 0 Å². The van der Waals surface area contributed by atoms with E-state index < -0.39 is 0 Å². The van der Waals surface area contributed by atoms with Crippen LogP contribution in [0.4, 0.5) is 4.79 Å². The summed E-state index contributed by atoms with van der Waals surface area (Å²) in [5.41, 5.74) is 1.16. The van der Waals surface area contributed by atoms with Crippen LogP contribution in [0.2, 0.25) is 5.02 Å². The highest BCUT2D eigenvalue weighted by Gasteiger charge is 2.22. The Morgan fingerprint density at radius 2 is 2.07 bits per heavy atom. The van der Waals surface area contributed by atoms with Crippen molar-refractivity contribution in [1.82, 2.24) is 24.7 Å². The summed E-state index contributed by atoms with van der Waals surface area (Å²) < 4.78 is 2.05. The summed E-state index contributed by atoms with van der Waals surface area (Å²) in [6, 6.07) is 8.22. The Balaban J connectivity index is 1.40. The first-order valence-corrected chi connectivity index (χ1v) is 9.86. The Morgan fingerprint density at radius 1 is 1.33 bits per heavy atom. The Labute approximate surface area is 166 Å². The highest BCUT2D eigenvalue weighted by molar-refractivity contribution is 6.31. The molecule has 0 atom stereocenters. The Bertz CT molecular complexity index is 754. The van der Waals surface area contributed by atoms with Gasteiger partial charge in [0, 0.05) is 63.2 Å². The van der Waals surface area contributed by atoms with Crippen molar-refractivity contribution in [3.8, 4) is 0 Å². The van der Waals surface area contributed by atoms with Gasteiger partial charge in [-0.05, 0) is 31.4 Å². The van der Waals surface area contributed by atoms with E-state index in [9.17, 15) is 4.79 Å². The average Bonchev–Trinajstić information content (AvgIpc) is 3.08. The molecule has 1 aromatic carbocycles. The molecule has 1 saturated heterocycles. The van der Waals surface area contributed by atoms with E-state index >= 15 is 0 Å². The van der Waals surface area contributed by atoms with Gasteiger partial charge < -0.3 is 14.8 Å². The molecule has 0 spiro atoms. The Hall–Kier alpha value is -2.05. The predicted octanol–water partition coefficient (Wildman–Crippen LogP) is 3.15. The number of imidazole rings is 1. The van der Waals surface area contributed by atoms with Crippen LogP contribution in [0.5, 0.6) is 0 Å². The Morgan fingerprint density at radius 3 is 2.74 bits per heavy atom. The van der Waals surface area contributed by atoms with Crippen molar-refractivity contribution in [3.63, 3.8) is 0 Å². The molecule has 2 amide bonds. The van der Waals surface area contributed by atoms with E-state index in [1.807, 2.05) is 38.4 Å². The van der Waals surface area contributed by atoms with E-state index in [1.54, 1.807) is 11.1 Å². The number of hydrogen-bond acceptors (Lipinski definition) is 3. The van der Waals surface area contributed by atoms with Crippen molar-refractivity contribution < 1.29 is 4.79 Å². The second kappa shape index (κ2) is 9.24. The molecule has 2 heterocycles. The molecule has 1 aliphatic heterocycles. The summed E-state index contributed by atoms with van der Waals surface area (Å²) in [4.78, 5) is 20.8. The van der Waals surface area contributed by atoms with E-state index in [0.29, 0.717) is 6.54 Å². The zero-order valence-electron chi connectivity index (χ0n) is 16.1. The maximum absolute atomic E-state index is 12.4. The monoisotopic (exact) mass is 389 g/mol. The molecule has 0 aliphatic carbocycles. The summed E-state index contributed by atoms with van der Waals surface area (Å²) in [5.74, 6) is 0.967. The number of carbonyl (C=O) groups is 1. The molecule has 1 fully saturated rings. The smallest absolute Gasteiger partial charge is 0.317 e. The number of likely N-dealkylation sites (tertiary alicyclic amines) is 1. The topological polar surface area (TPSA) is 53.4 Å². The number of likely N-dealkylation sites (N-methyl/N-ethyl adjacent to an activating group) is 1. The van der Waals surface area contributed by atoms with Gasteiger partial charge in [0.1, 0.15) is 5.82 Å². The molecule has 3 rings (SSSR count). The third-order valence-electron chi connectivity index (χ3n) is 5.21. The summed E-state index contributed by atoms with van der Waals surface area (Å²) in [6.45, 7) is 6.18. The predicted molar refractivity (Wildman–Crippen MR) is 108 cm³/mol. The number of carbonyl (C=O) groups excluding carboxylic acids is 1. The standard InChI is InChI=1S/C20H28ClN5O/c1-16-22-9-12-26(16)14-13-24(2)20(27)23-18-7-10-25(11-8-18)15-17-5-3-4-6-19(17)21/h3-6,9,12,18H,7-8,10-11,13-15H2,1-2H3,(H,23,27). The minimum atomic E-state index is -0.00248. The lowest BCUT2D eigenvalue weighted by Gasteiger charge is -2.33. The van der Waals surface area contributed by atoms with Crippen molar-refractivity contribution in [2.75, 3.05) is 26.7 Å². The quantitative estimate of drug-likeness (QED) is 0.825. The largest absolute Gasteiger partial charge is 0.335 e. The maximum Gasteiger partial charge on any atom is 0.317 e. The van der Waals surface area contributed by atoms with Crippen molar-refractivity contribution in [3.05, 3.63) is 53.1 Å². The summed E-state index contributed by atoms with van der Waals surface area (Å²) >= 11 is 6.26. The van der Waals surface area contributed by atoms with Crippen molar-refractivity contribution in [2.24, 2.45) is 0 Å². The summed E-state index contributed by atoms with van der Waals surface area (Å²) in [5, 5.41) is 3.99. The van der Waals surface area contributed by atoms with Gasteiger partial charge in [0.15, 0.2) is 0 Å². The fourth-order valence-electron chi connectivity index (χ4n) is 3.39. The molecule has 1 N–H and O–H groups in total. The average molecular weight is 390 g/mol. The molecule has 0 radical (unpaired) electrons. The van der Waals surface area contributed by atoms with E-state index in [1.165, 1.54) is 0 Å². The fraction of sp³-hybridized carbons (Fsp3) is 0.500. The van der Waals surface area contributed by atoms with Crippen LogP contribution in [-0.2, 0) is 13.1 Å². The molecule has 146 valence electrons. The highest BCUT2D eigenvalue weighted by atomic mass is 35.5. The first-order chi connectivity index (χ1) is 13.0. The third-order valence-corrected chi connectivity index (χ3v) is 5.58. The van der Waals surface area contributed by atoms with Gasteiger partial charge in [-0.15, -0.1) is 0 Å². The van der Waals surface area contributed by atoms with Gasteiger partial charge in [0.25, 0.3) is 0 Å². The van der Waals surface area contributed by atoms with Crippen LogP contribution in [0, 0.1) is 6.92 Å². The number of nitrogens with one attached hydrogen (secondary N) is 1. The van der Waals surface area contributed by atoms with Gasteiger partial charge in [0.05, 0.1) is 0 Å². The van der Waals surface area contributed by atoms with Crippen LogP contribution in [0.15, 0.2) is 36.7 Å². The molecule has 1 aliphatic rings. The number of aryl methyl sites for hydroxylation is 1. The SMILES string of the molecule is Cc1nccn1CCN(C)C(=O)NC1CCN(Cc2ccccc2Cl)CC1. The van der Waals surface area contributed by atoms with Crippen LogP contribution in [0.1, 0.15) is 24.2 Å². The van der Waals surface area contributed by atoms with Crippen molar-refractivity contribution in [2.45, 2.75) is 38.9 Å². The first kappa shape index (κ1) is 19.7.